The molecule has 1 heterocycles. The monoisotopic (exact) mass is 334 g/mol. The van der Waals surface area contributed by atoms with Crippen molar-refractivity contribution < 1.29 is 4.79 Å². The van der Waals surface area contributed by atoms with Gasteiger partial charge in [-0.3, -0.25) is 4.79 Å². The maximum absolute atomic E-state index is 13.2. The lowest BCUT2D eigenvalue weighted by Crippen LogP contribution is -2.49. The molecule has 0 spiro atoms. The van der Waals surface area contributed by atoms with E-state index < -0.39 is 0 Å². The van der Waals surface area contributed by atoms with Gasteiger partial charge in [-0.2, -0.15) is 0 Å². The molecule has 1 aromatic rings. The largest absolute Gasteiger partial charge is 0.342 e. The van der Waals surface area contributed by atoms with Crippen LogP contribution in [0.3, 0.4) is 0 Å². The second-order valence-electron chi connectivity index (χ2n) is 7.67. The van der Waals surface area contributed by atoms with E-state index in [4.69, 9.17) is 5.73 Å². The molecule has 3 nitrogen and oxygen atoms in total. The van der Waals surface area contributed by atoms with E-state index in [0.717, 1.165) is 38.8 Å². The van der Waals surface area contributed by atoms with E-state index in [1.165, 1.54) is 18.4 Å². The minimum atomic E-state index is -0.121. The molecule has 1 amide bonds. The molecule has 3 fully saturated rings. The predicted molar refractivity (Wildman–Crippen MR) is 94.4 cm³/mol. The minimum Gasteiger partial charge on any atom is -0.342 e. The second kappa shape index (κ2) is 6.45. The number of hydrogen-bond donors (Lipinski definition) is 1. The molecule has 0 aromatic heterocycles. The Hall–Kier alpha value is -1.06. The Morgan fingerprint density at radius 3 is 2.52 bits per heavy atom. The van der Waals surface area contributed by atoms with E-state index in [9.17, 15) is 4.79 Å². The number of likely N-dealkylation sites (tertiary alicyclic amines) is 1. The molecule has 3 aliphatic rings. The van der Waals surface area contributed by atoms with Gasteiger partial charge < -0.3 is 10.6 Å². The highest BCUT2D eigenvalue weighted by Gasteiger charge is 2.50. The number of benzene rings is 1. The fraction of sp³-hybridized carbons (Fsp3) is 0.632. The van der Waals surface area contributed by atoms with Crippen molar-refractivity contribution in [2.75, 3.05) is 13.1 Å². The second-order valence-corrected chi connectivity index (χ2v) is 7.67. The van der Waals surface area contributed by atoms with Gasteiger partial charge in [-0.05, 0) is 49.5 Å². The van der Waals surface area contributed by atoms with Crippen LogP contribution in [0.4, 0.5) is 0 Å². The van der Waals surface area contributed by atoms with Crippen LogP contribution in [0.5, 0.6) is 0 Å². The summed E-state index contributed by atoms with van der Waals surface area (Å²) in [5.41, 5.74) is 7.40. The summed E-state index contributed by atoms with van der Waals surface area (Å²) >= 11 is 0. The van der Waals surface area contributed by atoms with Gasteiger partial charge >= 0.3 is 0 Å². The quantitative estimate of drug-likeness (QED) is 0.923. The summed E-state index contributed by atoms with van der Waals surface area (Å²) in [5.74, 6) is 1.62. The summed E-state index contributed by atoms with van der Waals surface area (Å²) in [6.07, 6.45) is 6.56. The fourth-order valence-corrected chi connectivity index (χ4v) is 4.87. The van der Waals surface area contributed by atoms with Crippen LogP contribution in [0, 0.1) is 17.3 Å². The number of halogens is 1. The number of hydrogen-bond acceptors (Lipinski definition) is 2. The zero-order valence-electron chi connectivity index (χ0n) is 13.6. The first-order chi connectivity index (χ1) is 10.7. The third-order valence-corrected chi connectivity index (χ3v) is 6.35. The molecule has 4 heteroatoms. The van der Waals surface area contributed by atoms with Crippen LogP contribution in [0.1, 0.15) is 37.7 Å². The van der Waals surface area contributed by atoms with Crippen LogP contribution in [0.25, 0.3) is 0 Å². The normalized spacial score (nSPS) is 31.2. The minimum absolute atomic E-state index is 0. The van der Waals surface area contributed by atoms with Crippen molar-refractivity contribution in [1.29, 1.82) is 0 Å². The Morgan fingerprint density at radius 2 is 1.91 bits per heavy atom. The van der Waals surface area contributed by atoms with Crippen molar-refractivity contribution in [3.63, 3.8) is 0 Å². The van der Waals surface area contributed by atoms with Crippen LogP contribution in [-0.2, 0) is 11.2 Å². The van der Waals surface area contributed by atoms with E-state index in [2.05, 4.69) is 29.2 Å². The molecule has 1 aliphatic heterocycles. The first-order valence-corrected chi connectivity index (χ1v) is 8.77. The summed E-state index contributed by atoms with van der Waals surface area (Å²) in [7, 11) is 0. The third-order valence-electron chi connectivity index (χ3n) is 6.35. The molecule has 1 saturated heterocycles. The Balaban J connectivity index is 0.00000156. The summed E-state index contributed by atoms with van der Waals surface area (Å²) in [5, 5.41) is 0. The number of carbonyl (C=O) groups is 1. The molecule has 3 unspecified atom stereocenters. The maximum Gasteiger partial charge on any atom is 0.229 e. The van der Waals surface area contributed by atoms with E-state index in [1.54, 1.807) is 0 Å². The molecular formula is C19H27ClN2O. The SMILES string of the molecule is Cl.NC1CCC2CN(C(=O)C3(Cc4ccccc4)CCC3)CC12. The van der Waals surface area contributed by atoms with Gasteiger partial charge in [-0.25, -0.2) is 0 Å². The molecule has 23 heavy (non-hydrogen) atoms. The lowest BCUT2D eigenvalue weighted by atomic mass is 9.64. The summed E-state index contributed by atoms with van der Waals surface area (Å²) in [6.45, 7) is 1.86. The van der Waals surface area contributed by atoms with E-state index >= 15 is 0 Å². The molecule has 126 valence electrons. The van der Waals surface area contributed by atoms with Crippen LogP contribution < -0.4 is 5.73 Å². The van der Waals surface area contributed by atoms with E-state index in [0.29, 0.717) is 23.8 Å². The highest BCUT2D eigenvalue weighted by Crippen LogP contribution is 2.47. The van der Waals surface area contributed by atoms with Gasteiger partial charge in [0.25, 0.3) is 0 Å². The number of fused-ring (bicyclic) bond motifs is 1. The number of carbonyl (C=O) groups excluding carboxylic acids is 1. The summed E-state index contributed by atoms with van der Waals surface area (Å²) in [4.78, 5) is 15.3. The van der Waals surface area contributed by atoms with Crippen molar-refractivity contribution in [2.24, 2.45) is 23.0 Å². The summed E-state index contributed by atoms with van der Waals surface area (Å²) in [6, 6.07) is 10.8. The maximum atomic E-state index is 13.2. The smallest absolute Gasteiger partial charge is 0.229 e. The van der Waals surface area contributed by atoms with Crippen molar-refractivity contribution in [2.45, 2.75) is 44.6 Å². The molecule has 1 aromatic carbocycles. The lowest BCUT2D eigenvalue weighted by molar-refractivity contribution is -0.146. The number of rotatable bonds is 3. The highest BCUT2D eigenvalue weighted by molar-refractivity contribution is 5.85. The molecular weight excluding hydrogens is 308 g/mol. The van der Waals surface area contributed by atoms with Gasteiger partial charge in [0.2, 0.25) is 5.91 Å². The van der Waals surface area contributed by atoms with Crippen LogP contribution in [-0.4, -0.2) is 29.9 Å². The lowest BCUT2D eigenvalue weighted by Gasteiger charge is -2.43. The van der Waals surface area contributed by atoms with Gasteiger partial charge in [-0.1, -0.05) is 36.8 Å². The van der Waals surface area contributed by atoms with Gasteiger partial charge in [0.05, 0.1) is 5.41 Å². The van der Waals surface area contributed by atoms with Crippen LogP contribution in [0.15, 0.2) is 30.3 Å². The van der Waals surface area contributed by atoms with Crippen molar-refractivity contribution >= 4 is 18.3 Å². The number of amides is 1. The predicted octanol–water partition coefficient (Wildman–Crippen LogP) is 3.02. The van der Waals surface area contributed by atoms with Gasteiger partial charge in [-0.15, -0.1) is 12.4 Å². The van der Waals surface area contributed by atoms with Crippen molar-refractivity contribution in [3.8, 4) is 0 Å². The van der Waals surface area contributed by atoms with Crippen LogP contribution in [0.2, 0.25) is 0 Å². The van der Waals surface area contributed by atoms with Gasteiger partial charge in [0.15, 0.2) is 0 Å². The average molecular weight is 335 g/mol. The topological polar surface area (TPSA) is 46.3 Å². The standard InChI is InChI=1S/C19H26N2O.ClH/c20-17-8-7-15-12-21(13-16(15)17)18(22)19(9-4-10-19)11-14-5-2-1-3-6-14;/h1-3,5-6,15-17H,4,7-13,20H2;1H. The molecule has 4 rings (SSSR count). The van der Waals surface area contributed by atoms with Crippen LogP contribution >= 0.6 is 12.4 Å². The molecule has 2 saturated carbocycles. The Morgan fingerprint density at radius 1 is 1.17 bits per heavy atom. The van der Waals surface area contributed by atoms with Gasteiger partial charge in [0, 0.05) is 19.1 Å². The fourth-order valence-electron chi connectivity index (χ4n) is 4.87. The van der Waals surface area contributed by atoms with E-state index in [-0.39, 0.29) is 17.8 Å². The molecule has 2 N–H and O–H groups in total. The first-order valence-electron chi connectivity index (χ1n) is 8.77. The molecule has 0 radical (unpaired) electrons. The molecule has 2 aliphatic carbocycles. The average Bonchev–Trinajstić information content (AvgIpc) is 3.06. The Kier molecular flexibility index (Phi) is 4.70. The zero-order chi connectivity index (χ0) is 15.2. The summed E-state index contributed by atoms with van der Waals surface area (Å²) < 4.78 is 0. The first kappa shape index (κ1) is 16.8. The van der Waals surface area contributed by atoms with Crippen molar-refractivity contribution in [3.05, 3.63) is 35.9 Å². The zero-order valence-corrected chi connectivity index (χ0v) is 14.4. The third kappa shape index (κ3) is 2.89. The molecule has 3 atom stereocenters. The Labute approximate surface area is 145 Å². The highest BCUT2D eigenvalue weighted by atomic mass is 35.5. The van der Waals surface area contributed by atoms with Gasteiger partial charge in [0.1, 0.15) is 0 Å². The Bertz CT molecular complexity index is 558. The van der Waals surface area contributed by atoms with E-state index in [1.807, 2.05) is 6.07 Å². The van der Waals surface area contributed by atoms with Crippen molar-refractivity contribution in [1.82, 2.24) is 4.90 Å². The number of nitrogens with zero attached hydrogens (tertiary/aromatic N) is 1. The number of nitrogens with two attached hydrogens (primary N) is 1. The molecule has 0 bridgehead atoms.